The maximum atomic E-state index is 6.37. The van der Waals surface area contributed by atoms with Crippen molar-refractivity contribution in [2.24, 2.45) is 0 Å². The van der Waals surface area contributed by atoms with Gasteiger partial charge < -0.3 is 4.74 Å². The van der Waals surface area contributed by atoms with Crippen molar-refractivity contribution in [3.8, 4) is 50.6 Å². The Hall–Kier alpha value is -5.67. The Bertz CT molecular complexity index is 2340. The SMILES string of the molecule is CCc1nc2cccc3c2n1-c1cc(-c2cccc(-c4c5ccccc5c(-c5ccccc5)c5ccccc45)c2)ccc1O3. The average molecular weight is 565 g/mol. The van der Waals surface area contributed by atoms with Gasteiger partial charge in [0.05, 0.1) is 11.2 Å². The summed E-state index contributed by atoms with van der Waals surface area (Å²) in [6.45, 7) is 2.16. The van der Waals surface area contributed by atoms with Crippen LogP contribution in [0.2, 0.25) is 0 Å². The van der Waals surface area contributed by atoms with Gasteiger partial charge in [0, 0.05) is 6.42 Å². The number of hydrogen-bond acceptors (Lipinski definition) is 2. The first kappa shape index (κ1) is 24.9. The highest BCUT2D eigenvalue weighted by Gasteiger charge is 2.24. The van der Waals surface area contributed by atoms with E-state index in [1.165, 1.54) is 49.4 Å². The second-order valence-corrected chi connectivity index (χ2v) is 11.4. The summed E-state index contributed by atoms with van der Waals surface area (Å²) in [6, 6.07) is 50.0. The number of aromatic nitrogens is 2. The number of hydrogen-bond donors (Lipinski definition) is 0. The van der Waals surface area contributed by atoms with E-state index in [1.807, 2.05) is 12.1 Å². The van der Waals surface area contributed by atoms with Crippen molar-refractivity contribution in [3.63, 3.8) is 0 Å². The van der Waals surface area contributed by atoms with Crippen LogP contribution in [0.3, 0.4) is 0 Å². The lowest BCUT2D eigenvalue weighted by Crippen LogP contribution is -2.07. The Kier molecular flexibility index (Phi) is 5.48. The molecule has 8 aromatic rings. The average Bonchev–Trinajstić information content (AvgIpc) is 3.48. The molecule has 1 aliphatic heterocycles. The summed E-state index contributed by atoms with van der Waals surface area (Å²) in [5.41, 5.74) is 10.3. The van der Waals surface area contributed by atoms with Gasteiger partial charge in [0.15, 0.2) is 11.5 Å². The largest absolute Gasteiger partial charge is 0.453 e. The number of fused-ring (bicyclic) bond motifs is 4. The van der Waals surface area contributed by atoms with Crippen molar-refractivity contribution < 1.29 is 4.74 Å². The molecule has 0 bridgehead atoms. The summed E-state index contributed by atoms with van der Waals surface area (Å²) in [5, 5.41) is 5.04. The first-order valence-electron chi connectivity index (χ1n) is 15.2. The van der Waals surface area contributed by atoms with E-state index in [2.05, 4.69) is 139 Å². The molecular weight excluding hydrogens is 536 g/mol. The zero-order valence-electron chi connectivity index (χ0n) is 24.3. The van der Waals surface area contributed by atoms with Crippen LogP contribution in [-0.2, 0) is 6.42 Å². The lowest BCUT2D eigenvalue weighted by Gasteiger charge is -2.22. The van der Waals surface area contributed by atoms with E-state index in [0.717, 1.165) is 46.0 Å². The van der Waals surface area contributed by atoms with E-state index in [9.17, 15) is 0 Å². The van der Waals surface area contributed by atoms with Crippen LogP contribution in [-0.4, -0.2) is 9.55 Å². The van der Waals surface area contributed by atoms with Crippen LogP contribution in [0.25, 0.3) is 71.6 Å². The minimum Gasteiger partial charge on any atom is -0.453 e. The Morgan fingerprint density at radius 2 is 1.11 bits per heavy atom. The highest BCUT2D eigenvalue weighted by molar-refractivity contribution is 6.21. The third-order valence-electron chi connectivity index (χ3n) is 8.92. The van der Waals surface area contributed by atoms with Crippen molar-refractivity contribution in [1.29, 1.82) is 0 Å². The zero-order chi connectivity index (χ0) is 29.2. The molecule has 208 valence electrons. The van der Waals surface area contributed by atoms with Gasteiger partial charge in [-0.15, -0.1) is 0 Å². The predicted molar refractivity (Wildman–Crippen MR) is 182 cm³/mol. The molecule has 2 heterocycles. The molecule has 1 aromatic heterocycles. The van der Waals surface area contributed by atoms with Gasteiger partial charge in [-0.3, -0.25) is 4.57 Å². The van der Waals surface area contributed by atoms with Crippen LogP contribution in [0.15, 0.2) is 140 Å². The van der Waals surface area contributed by atoms with Crippen molar-refractivity contribution in [2.45, 2.75) is 13.3 Å². The summed E-state index contributed by atoms with van der Waals surface area (Å²) in [7, 11) is 0. The first-order chi connectivity index (χ1) is 21.8. The zero-order valence-corrected chi connectivity index (χ0v) is 24.3. The molecule has 0 N–H and O–H groups in total. The van der Waals surface area contributed by atoms with Crippen molar-refractivity contribution in [3.05, 3.63) is 145 Å². The lowest BCUT2D eigenvalue weighted by atomic mass is 9.85. The first-order valence-corrected chi connectivity index (χ1v) is 15.2. The number of imidazole rings is 1. The third kappa shape index (κ3) is 3.66. The number of para-hydroxylation sites is 1. The summed E-state index contributed by atoms with van der Waals surface area (Å²) >= 11 is 0. The predicted octanol–water partition coefficient (Wildman–Crippen LogP) is 11.0. The molecule has 0 unspecified atom stereocenters. The minimum atomic E-state index is 0.840. The van der Waals surface area contributed by atoms with Crippen molar-refractivity contribution >= 4 is 32.6 Å². The Morgan fingerprint density at radius 1 is 0.523 bits per heavy atom. The van der Waals surface area contributed by atoms with E-state index in [1.54, 1.807) is 0 Å². The fourth-order valence-corrected chi connectivity index (χ4v) is 7.01. The van der Waals surface area contributed by atoms with Gasteiger partial charge in [-0.2, -0.15) is 0 Å². The fourth-order valence-electron chi connectivity index (χ4n) is 7.01. The van der Waals surface area contributed by atoms with E-state index < -0.39 is 0 Å². The highest BCUT2D eigenvalue weighted by atomic mass is 16.5. The molecule has 3 nitrogen and oxygen atoms in total. The van der Waals surface area contributed by atoms with Gasteiger partial charge in [0.25, 0.3) is 0 Å². The summed E-state index contributed by atoms with van der Waals surface area (Å²) < 4.78 is 8.65. The van der Waals surface area contributed by atoms with Crippen LogP contribution in [0.5, 0.6) is 11.5 Å². The molecule has 1 aliphatic rings. The van der Waals surface area contributed by atoms with Gasteiger partial charge in [-0.05, 0) is 85.3 Å². The van der Waals surface area contributed by atoms with Gasteiger partial charge >= 0.3 is 0 Å². The number of rotatable bonds is 4. The van der Waals surface area contributed by atoms with Crippen LogP contribution < -0.4 is 4.74 Å². The number of nitrogens with zero attached hydrogens (tertiary/aromatic N) is 2. The van der Waals surface area contributed by atoms with E-state index >= 15 is 0 Å². The van der Waals surface area contributed by atoms with Crippen LogP contribution in [0, 0.1) is 0 Å². The van der Waals surface area contributed by atoms with Gasteiger partial charge in [-0.1, -0.05) is 116 Å². The Balaban J connectivity index is 1.25. The van der Waals surface area contributed by atoms with Gasteiger partial charge in [0.1, 0.15) is 11.3 Å². The molecular formula is C41H28N2O. The van der Waals surface area contributed by atoms with E-state index in [4.69, 9.17) is 9.72 Å². The van der Waals surface area contributed by atoms with E-state index in [-0.39, 0.29) is 0 Å². The quantitative estimate of drug-likeness (QED) is 0.199. The highest BCUT2D eigenvalue weighted by Crippen LogP contribution is 2.46. The number of benzene rings is 7. The molecule has 0 saturated heterocycles. The Morgan fingerprint density at radius 3 is 1.82 bits per heavy atom. The second-order valence-electron chi connectivity index (χ2n) is 11.4. The third-order valence-corrected chi connectivity index (χ3v) is 8.92. The second kappa shape index (κ2) is 9.68. The molecule has 0 fully saturated rings. The maximum absolute atomic E-state index is 6.37. The van der Waals surface area contributed by atoms with E-state index in [0.29, 0.717) is 0 Å². The van der Waals surface area contributed by atoms with Crippen LogP contribution in [0.1, 0.15) is 12.7 Å². The van der Waals surface area contributed by atoms with Gasteiger partial charge in [-0.25, -0.2) is 4.98 Å². The summed E-state index contributed by atoms with van der Waals surface area (Å²) in [6.07, 6.45) is 0.840. The molecule has 0 spiro atoms. The van der Waals surface area contributed by atoms with Crippen molar-refractivity contribution in [1.82, 2.24) is 9.55 Å². The van der Waals surface area contributed by atoms with Crippen LogP contribution in [0.4, 0.5) is 0 Å². The molecule has 44 heavy (non-hydrogen) atoms. The molecule has 3 heteroatoms. The monoisotopic (exact) mass is 564 g/mol. The molecule has 0 radical (unpaired) electrons. The molecule has 0 atom stereocenters. The fraction of sp³-hybridized carbons (Fsp3) is 0.0488. The number of aryl methyl sites for hydroxylation is 1. The van der Waals surface area contributed by atoms with Gasteiger partial charge in [0.2, 0.25) is 0 Å². The molecule has 7 aromatic carbocycles. The molecule has 0 aliphatic carbocycles. The lowest BCUT2D eigenvalue weighted by molar-refractivity contribution is 0.474. The number of ether oxygens (including phenoxy) is 1. The topological polar surface area (TPSA) is 27.1 Å². The maximum Gasteiger partial charge on any atom is 0.153 e. The normalized spacial score (nSPS) is 12.0. The molecule has 0 saturated carbocycles. The Labute approximate surface area is 255 Å². The summed E-state index contributed by atoms with van der Waals surface area (Å²) in [5.74, 6) is 2.75. The molecule has 9 rings (SSSR count). The molecule has 0 amide bonds. The van der Waals surface area contributed by atoms with Crippen LogP contribution >= 0.6 is 0 Å². The minimum absolute atomic E-state index is 0.840. The standard InChI is InChI=1S/C41H28N2O/c1-2-38-42-34-20-11-21-37-41(34)43(38)35-25-28(22-23-36(35)44-37)27-14-10-15-29(24-27)40-32-18-8-6-16-30(32)39(26-12-4-3-5-13-26)31-17-7-9-19-33(31)40/h3-25H,2H2,1H3. The van der Waals surface area contributed by atoms with Crippen molar-refractivity contribution in [2.75, 3.05) is 0 Å². The summed E-state index contributed by atoms with van der Waals surface area (Å²) in [4.78, 5) is 4.93. The smallest absolute Gasteiger partial charge is 0.153 e.